The number of hydrogen-bond acceptors (Lipinski definition) is 7. The van der Waals surface area contributed by atoms with Gasteiger partial charge in [-0.25, -0.2) is 9.97 Å². The fraction of sp³-hybridized carbons (Fsp3) is 0.316. The molecule has 0 unspecified atom stereocenters. The van der Waals surface area contributed by atoms with Crippen LogP contribution in [-0.2, 0) is 0 Å². The molecule has 1 fully saturated rings. The summed E-state index contributed by atoms with van der Waals surface area (Å²) in [5.41, 5.74) is 1.70. The van der Waals surface area contributed by atoms with Crippen molar-refractivity contribution in [3.63, 3.8) is 0 Å². The van der Waals surface area contributed by atoms with E-state index in [-0.39, 0.29) is 0 Å². The quantitative estimate of drug-likeness (QED) is 0.680. The second-order valence-corrected chi connectivity index (χ2v) is 5.96. The minimum absolute atomic E-state index is 0.390. The Morgan fingerprint density at radius 1 is 0.923 bits per heavy atom. The van der Waals surface area contributed by atoms with Gasteiger partial charge in [-0.2, -0.15) is 0 Å². The number of piperazine rings is 1. The lowest BCUT2D eigenvalue weighted by atomic mass is 10.3. The Kier molecular flexibility index (Phi) is 5.07. The summed E-state index contributed by atoms with van der Waals surface area (Å²) in [7, 11) is 0. The van der Waals surface area contributed by atoms with E-state index in [1.807, 2.05) is 36.4 Å². The van der Waals surface area contributed by atoms with Crippen LogP contribution in [0.3, 0.4) is 0 Å². The lowest BCUT2D eigenvalue weighted by Gasteiger charge is -2.29. The Bertz CT molecular complexity index is 853. The molecule has 4 rings (SSSR count). The van der Waals surface area contributed by atoms with Crippen molar-refractivity contribution in [1.82, 2.24) is 20.3 Å². The first kappa shape index (κ1) is 16.5. The number of nitrogens with zero attached hydrogens (tertiary/aromatic N) is 4. The Morgan fingerprint density at radius 3 is 2.46 bits per heavy atom. The van der Waals surface area contributed by atoms with E-state index in [4.69, 9.17) is 14.5 Å². The largest absolute Gasteiger partial charge is 0.488 e. The maximum atomic E-state index is 5.94. The Labute approximate surface area is 152 Å². The zero-order valence-electron chi connectivity index (χ0n) is 14.5. The van der Waals surface area contributed by atoms with Gasteiger partial charge in [-0.15, -0.1) is 0 Å². The van der Waals surface area contributed by atoms with Crippen molar-refractivity contribution in [2.75, 3.05) is 44.3 Å². The molecule has 0 atom stereocenters. The van der Waals surface area contributed by atoms with E-state index in [1.165, 1.54) is 0 Å². The Morgan fingerprint density at radius 2 is 1.69 bits per heavy atom. The first-order valence-corrected chi connectivity index (χ1v) is 8.78. The van der Waals surface area contributed by atoms with E-state index in [2.05, 4.69) is 20.2 Å². The molecule has 1 aromatic carbocycles. The predicted octanol–water partition coefficient (Wildman–Crippen LogP) is 1.89. The molecule has 0 bridgehead atoms. The van der Waals surface area contributed by atoms with Crippen LogP contribution in [0.25, 0.3) is 11.0 Å². The van der Waals surface area contributed by atoms with Gasteiger partial charge in [-0.3, -0.25) is 4.98 Å². The van der Waals surface area contributed by atoms with Crippen molar-refractivity contribution in [2.24, 2.45) is 0 Å². The highest BCUT2D eigenvalue weighted by Gasteiger charge is 2.19. The van der Waals surface area contributed by atoms with E-state index in [1.54, 1.807) is 12.4 Å². The zero-order valence-corrected chi connectivity index (χ0v) is 14.5. The number of rotatable bonds is 6. The number of hydrogen-bond donors (Lipinski definition) is 1. The molecule has 0 saturated carbocycles. The second-order valence-electron chi connectivity index (χ2n) is 5.96. The van der Waals surface area contributed by atoms with Gasteiger partial charge >= 0.3 is 0 Å². The number of aromatic nitrogens is 3. The summed E-state index contributed by atoms with van der Waals surface area (Å²) >= 11 is 0. The van der Waals surface area contributed by atoms with E-state index < -0.39 is 0 Å². The van der Waals surface area contributed by atoms with Gasteiger partial charge in [0.2, 0.25) is 0 Å². The molecule has 1 aliphatic rings. The number of pyridine rings is 1. The Balaban J connectivity index is 1.50. The molecule has 0 amide bonds. The summed E-state index contributed by atoms with van der Waals surface area (Å²) < 4.78 is 11.6. The maximum absolute atomic E-state index is 5.94. The normalized spacial score (nSPS) is 14.4. The maximum Gasteiger partial charge on any atom is 0.258 e. The van der Waals surface area contributed by atoms with Gasteiger partial charge in [0.25, 0.3) is 5.88 Å². The SMILES string of the molecule is c1cncc(OCCOc2nc3ccccc3nc2N2CCNCC2)c1. The minimum Gasteiger partial charge on any atom is -0.488 e. The molecule has 7 heteroatoms. The number of fused-ring (bicyclic) bond motifs is 1. The molecule has 0 aliphatic carbocycles. The van der Waals surface area contributed by atoms with E-state index in [9.17, 15) is 0 Å². The van der Waals surface area contributed by atoms with Crippen molar-refractivity contribution in [2.45, 2.75) is 0 Å². The molecule has 1 saturated heterocycles. The van der Waals surface area contributed by atoms with Crippen molar-refractivity contribution in [3.8, 4) is 11.6 Å². The molecule has 0 radical (unpaired) electrons. The highest BCUT2D eigenvalue weighted by molar-refractivity contribution is 5.77. The fourth-order valence-corrected chi connectivity index (χ4v) is 2.88. The monoisotopic (exact) mass is 351 g/mol. The van der Waals surface area contributed by atoms with Gasteiger partial charge < -0.3 is 19.7 Å². The molecule has 3 heterocycles. The molecule has 2 aromatic heterocycles. The highest BCUT2D eigenvalue weighted by Crippen LogP contribution is 2.27. The van der Waals surface area contributed by atoms with Crippen LogP contribution in [0.4, 0.5) is 5.82 Å². The Hall–Kier alpha value is -2.93. The van der Waals surface area contributed by atoms with Crippen LogP contribution in [0.1, 0.15) is 0 Å². The highest BCUT2D eigenvalue weighted by atomic mass is 16.5. The van der Waals surface area contributed by atoms with Crippen LogP contribution in [0, 0.1) is 0 Å². The molecular formula is C19H21N5O2. The van der Waals surface area contributed by atoms with Crippen molar-refractivity contribution >= 4 is 16.9 Å². The topological polar surface area (TPSA) is 72.4 Å². The first-order valence-electron chi connectivity index (χ1n) is 8.78. The van der Waals surface area contributed by atoms with Crippen molar-refractivity contribution in [3.05, 3.63) is 48.8 Å². The second kappa shape index (κ2) is 7.97. The third-order valence-electron chi connectivity index (χ3n) is 4.16. The van der Waals surface area contributed by atoms with E-state index >= 15 is 0 Å². The van der Waals surface area contributed by atoms with Crippen LogP contribution in [-0.4, -0.2) is 54.3 Å². The average Bonchev–Trinajstić information content (AvgIpc) is 2.72. The number of nitrogens with one attached hydrogen (secondary N) is 1. The van der Waals surface area contributed by atoms with Gasteiger partial charge in [0.15, 0.2) is 5.82 Å². The van der Waals surface area contributed by atoms with E-state index in [0.29, 0.717) is 19.1 Å². The smallest absolute Gasteiger partial charge is 0.258 e. The molecule has 0 spiro atoms. The standard InChI is InChI=1S/C19H21N5O2/c1-2-6-17-16(5-1)22-18(24-10-8-20-9-11-24)19(23-17)26-13-12-25-15-4-3-7-21-14-15/h1-7,14,20H,8-13H2. The average molecular weight is 351 g/mol. The summed E-state index contributed by atoms with van der Waals surface area (Å²) in [5.74, 6) is 2.08. The van der Waals surface area contributed by atoms with Crippen molar-refractivity contribution < 1.29 is 9.47 Å². The van der Waals surface area contributed by atoms with Crippen LogP contribution in [0.2, 0.25) is 0 Å². The minimum atomic E-state index is 0.390. The molecule has 7 nitrogen and oxygen atoms in total. The van der Waals surface area contributed by atoms with Gasteiger partial charge in [-0.1, -0.05) is 12.1 Å². The summed E-state index contributed by atoms with van der Waals surface area (Å²) in [6, 6.07) is 11.6. The number of benzene rings is 1. The molecule has 1 N–H and O–H groups in total. The van der Waals surface area contributed by atoms with Gasteiger partial charge in [0.05, 0.1) is 17.2 Å². The molecule has 26 heavy (non-hydrogen) atoms. The molecule has 1 aliphatic heterocycles. The summed E-state index contributed by atoms with van der Waals surface area (Å²) in [4.78, 5) is 15.7. The van der Waals surface area contributed by atoms with Crippen LogP contribution in [0.5, 0.6) is 11.6 Å². The number of anilines is 1. The molecule has 134 valence electrons. The lowest BCUT2D eigenvalue weighted by Crippen LogP contribution is -2.44. The van der Waals surface area contributed by atoms with Crippen LogP contribution in [0.15, 0.2) is 48.8 Å². The van der Waals surface area contributed by atoms with Crippen LogP contribution >= 0.6 is 0 Å². The van der Waals surface area contributed by atoms with E-state index in [0.717, 1.165) is 48.8 Å². The summed E-state index contributed by atoms with van der Waals surface area (Å²) in [6.07, 6.45) is 3.40. The zero-order chi connectivity index (χ0) is 17.6. The summed E-state index contributed by atoms with van der Waals surface area (Å²) in [6.45, 7) is 4.43. The number of para-hydroxylation sites is 2. The molecular weight excluding hydrogens is 330 g/mol. The first-order chi connectivity index (χ1) is 12.9. The fourth-order valence-electron chi connectivity index (χ4n) is 2.88. The molecule has 3 aromatic rings. The number of ether oxygens (including phenoxy) is 2. The summed E-state index contributed by atoms with van der Waals surface area (Å²) in [5, 5.41) is 3.35. The predicted molar refractivity (Wildman–Crippen MR) is 99.8 cm³/mol. The van der Waals surface area contributed by atoms with Gasteiger partial charge in [-0.05, 0) is 24.3 Å². The van der Waals surface area contributed by atoms with Gasteiger partial charge in [0.1, 0.15) is 19.0 Å². The van der Waals surface area contributed by atoms with Crippen LogP contribution < -0.4 is 19.7 Å². The third kappa shape index (κ3) is 3.83. The third-order valence-corrected chi connectivity index (χ3v) is 4.16. The van der Waals surface area contributed by atoms with Crippen molar-refractivity contribution in [1.29, 1.82) is 0 Å². The lowest BCUT2D eigenvalue weighted by molar-refractivity contribution is 0.211. The van der Waals surface area contributed by atoms with Gasteiger partial charge in [0, 0.05) is 32.4 Å².